The van der Waals surface area contributed by atoms with Crippen molar-refractivity contribution >= 4 is 5.97 Å². The van der Waals surface area contributed by atoms with Crippen LogP contribution < -0.4 is 0 Å². The van der Waals surface area contributed by atoms with Gasteiger partial charge in [-0.05, 0) is 12.8 Å². The molecule has 1 saturated carbocycles. The molecule has 0 aromatic rings. The first-order chi connectivity index (χ1) is 7.12. The van der Waals surface area contributed by atoms with E-state index in [0.717, 1.165) is 32.1 Å². The van der Waals surface area contributed by atoms with Crippen molar-refractivity contribution in [2.75, 3.05) is 0 Å². The third-order valence-electron chi connectivity index (χ3n) is 3.58. The molecule has 2 aliphatic rings. The van der Waals surface area contributed by atoms with Crippen LogP contribution >= 0.6 is 0 Å². The summed E-state index contributed by atoms with van der Waals surface area (Å²) in [5.41, 5.74) is -0.405. The van der Waals surface area contributed by atoms with Gasteiger partial charge in [-0.3, -0.25) is 4.79 Å². The summed E-state index contributed by atoms with van der Waals surface area (Å²) in [4.78, 5) is 11.7. The molecule has 1 spiro atoms. The molecule has 1 aliphatic carbocycles. The van der Waals surface area contributed by atoms with E-state index in [-0.39, 0.29) is 12.4 Å². The lowest BCUT2D eigenvalue weighted by molar-refractivity contribution is -0.150. The first-order valence-corrected chi connectivity index (χ1v) is 5.62. The number of ether oxygens (including phenoxy) is 1. The van der Waals surface area contributed by atoms with E-state index in [4.69, 9.17) is 4.74 Å². The van der Waals surface area contributed by atoms with Crippen molar-refractivity contribution in [3.63, 3.8) is 0 Å². The molecule has 2 nitrogen and oxygen atoms in total. The SMILES string of the molecule is O=C1OC(CC(F)F)CC12CCCCC2. The molecule has 15 heavy (non-hydrogen) atoms. The second-order valence-corrected chi connectivity index (χ2v) is 4.70. The van der Waals surface area contributed by atoms with Crippen LogP contribution in [0.1, 0.15) is 44.9 Å². The van der Waals surface area contributed by atoms with E-state index in [9.17, 15) is 13.6 Å². The van der Waals surface area contributed by atoms with E-state index in [0.29, 0.717) is 6.42 Å². The van der Waals surface area contributed by atoms with Crippen molar-refractivity contribution in [3.8, 4) is 0 Å². The van der Waals surface area contributed by atoms with Gasteiger partial charge in [-0.15, -0.1) is 0 Å². The van der Waals surface area contributed by atoms with Gasteiger partial charge in [0, 0.05) is 12.8 Å². The Kier molecular flexibility index (Phi) is 2.94. The fourth-order valence-corrected chi connectivity index (χ4v) is 2.80. The van der Waals surface area contributed by atoms with Gasteiger partial charge in [0.15, 0.2) is 0 Å². The van der Waals surface area contributed by atoms with E-state index >= 15 is 0 Å². The highest BCUT2D eigenvalue weighted by Crippen LogP contribution is 2.46. The van der Waals surface area contributed by atoms with Crippen molar-refractivity contribution in [3.05, 3.63) is 0 Å². The molecule has 0 radical (unpaired) electrons. The molecule has 1 heterocycles. The number of esters is 1. The number of hydrogen-bond acceptors (Lipinski definition) is 2. The highest BCUT2D eigenvalue weighted by atomic mass is 19.3. The van der Waals surface area contributed by atoms with Crippen LogP contribution in [0, 0.1) is 5.41 Å². The molecule has 0 aromatic carbocycles. The highest BCUT2D eigenvalue weighted by molar-refractivity contribution is 5.79. The number of halogens is 2. The van der Waals surface area contributed by atoms with Crippen LogP contribution in [0.3, 0.4) is 0 Å². The minimum atomic E-state index is -2.37. The Morgan fingerprint density at radius 1 is 1.33 bits per heavy atom. The van der Waals surface area contributed by atoms with Crippen molar-refractivity contribution in [1.82, 2.24) is 0 Å². The van der Waals surface area contributed by atoms with Crippen molar-refractivity contribution in [2.24, 2.45) is 5.41 Å². The molecule has 2 rings (SSSR count). The molecule has 0 N–H and O–H groups in total. The summed E-state index contributed by atoms with van der Waals surface area (Å²) in [5.74, 6) is -0.229. The molecule has 0 aromatic heterocycles. The van der Waals surface area contributed by atoms with Gasteiger partial charge in [0.1, 0.15) is 6.10 Å². The Bertz CT molecular complexity index is 247. The van der Waals surface area contributed by atoms with Crippen LogP contribution in [0.25, 0.3) is 0 Å². The fraction of sp³-hybridized carbons (Fsp3) is 0.909. The smallest absolute Gasteiger partial charge is 0.312 e. The molecule has 1 saturated heterocycles. The molecule has 1 unspecified atom stereocenters. The minimum Gasteiger partial charge on any atom is -0.462 e. The van der Waals surface area contributed by atoms with Crippen LogP contribution in [0.2, 0.25) is 0 Å². The van der Waals surface area contributed by atoms with Crippen LogP contribution in [0.4, 0.5) is 8.78 Å². The molecule has 4 heteroatoms. The maximum absolute atomic E-state index is 12.2. The first-order valence-electron chi connectivity index (χ1n) is 5.62. The first kappa shape index (κ1) is 10.8. The zero-order valence-electron chi connectivity index (χ0n) is 8.68. The van der Waals surface area contributed by atoms with E-state index in [2.05, 4.69) is 0 Å². The second kappa shape index (κ2) is 4.06. The molecular formula is C11H16F2O2. The maximum Gasteiger partial charge on any atom is 0.312 e. The van der Waals surface area contributed by atoms with E-state index in [1.165, 1.54) is 0 Å². The topological polar surface area (TPSA) is 26.3 Å². The predicted octanol–water partition coefficient (Wildman–Crippen LogP) is 2.91. The third-order valence-corrected chi connectivity index (χ3v) is 3.58. The largest absolute Gasteiger partial charge is 0.462 e. The molecule has 0 amide bonds. The van der Waals surface area contributed by atoms with Gasteiger partial charge < -0.3 is 4.74 Å². The summed E-state index contributed by atoms with van der Waals surface area (Å²) in [6.07, 6.45) is 2.14. The van der Waals surface area contributed by atoms with Crippen molar-refractivity contribution < 1.29 is 18.3 Å². The summed E-state index contributed by atoms with van der Waals surface area (Å²) in [7, 11) is 0. The minimum absolute atomic E-state index is 0.229. The number of alkyl halides is 2. The van der Waals surface area contributed by atoms with Gasteiger partial charge in [-0.25, -0.2) is 8.78 Å². The lowest BCUT2D eigenvalue weighted by Crippen LogP contribution is -2.28. The summed E-state index contributed by atoms with van der Waals surface area (Å²) in [5, 5.41) is 0. The molecule has 0 bridgehead atoms. The third kappa shape index (κ3) is 2.13. The number of rotatable bonds is 2. The zero-order valence-corrected chi connectivity index (χ0v) is 8.68. The molecule has 1 aliphatic heterocycles. The predicted molar refractivity (Wildman–Crippen MR) is 50.6 cm³/mol. The Morgan fingerprint density at radius 3 is 2.60 bits per heavy atom. The van der Waals surface area contributed by atoms with Crippen LogP contribution in [-0.4, -0.2) is 18.5 Å². The normalized spacial score (nSPS) is 29.8. The number of carbonyl (C=O) groups excluding carboxylic acids is 1. The Balaban J connectivity index is 1.99. The Hall–Kier alpha value is -0.670. The lowest BCUT2D eigenvalue weighted by Gasteiger charge is -2.28. The fourth-order valence-electron chi connectivity index (χ4n) is 2.80. The van der Waals surface area contributed by atoms with Gasteiger partial charge >= 0.3 is 5.97 Å². The molecule has 1 atom stereocenters. The van der Waals surface area contributed by atoms with Crippen LogP contribution in [-0.2, 0) is 9.53 Å². The Labute approximate surface area is 88.0 Å². The maximum atomic E-state index is 12.2. The average Bonchev–Trinajstić information content (AvgIpc) is 2.43. The van der Waals surface area contributed by atoms with Crippen molar-refractivity contribution in [2.45, 2.75) is 57.5 Å². The van der Waals surface area contributed by atoms with Crippen LogP contribution in [0.15, 0.2) is 0 Å². The standard InChI is InChI=1S/C11H16F2O2/c12-9(13)6-8-7-11(10(14)15-8)4-2-1-3-5-11/h8-9H,1-7H2. The van der Waals surface area contributed by atoms with E-state index < -0.39 is 17.9 Å². The number of cyclic esters (lactones) is 1. The zero-order chi connectivity index (χ0) is 10.9. The molecular weight excluding hydrogens is 202 g/mol. The van der Waals surface area contributed by atoms with Gasteiger partial charge in [-0.2, -0.15) is 0 Å². The summed E-state index contributed by atoms with van der Waals surface area (Å²) >= 11 is 0. The van der Waals surface area contributed by atoms with Gasteiger partial charge in [0.2, 0.25) is 6.43 Å². The van der Waals surface area contributed by atoms with Crippen molar-refractivity contribution in [1.29, 1.82) is 0 Å². The quantitative estimate of drug-likeness (QED) is 0.666. The summed E-state index contributed by atoms with van der Waals surface area (Å²) in [6.45, 7) is 0. The highest BCUT2D eigenvalue weighted by Gasteiger charge is 2.49. The average molecular weight is 218 g/mol. The van der Waals surface area contributed by atoms with Gasteiger partial charge in [0.05, 0.1) is 5.41 Å². The molecule has 86 valence electrons. The van der Waals surface area contributed by atoms with Gasteiger partial charge in [0.25, 0.3) is 0 Å². The number of carbonyl (C=O) groups is 1. The summed E-state index contributed by atoms with van der Waals surface area (Å²) < 4.78 is 29.4. The summed E-state index contributed by atoms with van der Waals surface area (Å²) in [6, 6.07) is 0. The number of hydrogen-bond donors (Lipinski definition) is 0. The van der Waals surface area contributed by atoms with E-state index in [1.807, 2.05) is 0 Å². The van der Waals surface area contributed by atoms with Gasteiger partial charge in [-0.1, -0.05) is 19.3 Å². The Morgan fingerprint density at radius 2 is 2.00 bits per heavy atom. The van der Waals surface area contributed by atoms with E-state index in [1.54, 1.807) is 0 Å². The molecule has 2 fully saturated rings. The monoisotopic (exact) mass is 218 g/mol. The second-order valence-electron chi connectivity index (χ2n) is 4.70. The lowest BCUT2D eigenvalue weighted by atomic mass is 9.72. The van der Waals surface area contributed by atoms with Crippen LogP contribution in [0.5, 0.6) is 0 Å².